The first-order valence-electron chi connectivity index (χ1n) is 7.53. The highest BCUT2D eigenvalue weighted by atomic mass is 16.6. The molecule has 0 radical (unpaired) electrons. The van der Waals surface area contributed by atoms with Crippen LogP contribution < -0.4 is 11.2 Å². The van der Waals surface area contributed by atoms with Gasteiger partial charge in [0.05, 0.1) is 5.69 Å². The van der Waals surface area contributed by atoms with Gasteiger partial charge in [-0.15, -0.1) is 0 Å². The molecule has 1 aliphatic carbocycles. The zero-order chi connectivity index (χ0) is 17.6. The van der Waals surface area contributed by atoms with Crippen molar-refractivity contribution < 1.29 is 13.9 Å². The third-order valence-corrected chi connectivity index (χ3v) is 3.44. The minimum atomic E-state index is -0.722. The molecule has 0 saturated heterocycles. The van der Waals surface area contributed by atoms with Crippen molar-refractivity contribution in [2.45, 2.75) is 33.3 Å². The Balaban J connectivity index is 2.32. The largest absolute Gasteiger partial charge is 0.456 e. The monoisotopic (exact) mass is 326 g/mol. The molecule has 3 rings (SSSR count). The van der Waals surface area contributed by atoms with E-state index in [4.69, 9.17) is 14.9 Å². The van der Waals surface area contributed by atoms with Gasteiger partial charge in [-0.2, -0.15) is 0 Å². The lowest BCUT2D eigenvalue weighted by Crippen LogP contribution is -2.27. The highest BCUT2D eigenvalue weighted by molar-refractivity contribution is 6.02. The van der Waals surface area contributed by atoms with Crippen LogP contribution >= 0.6 is 0 Å². The van der Waals surface area contributed by atoms with Crippen molar-refractivity contribution in [1.29, 1.82) is 0 Å². The number of rotatable bonds is 1. The third kappa shape index (κ3) is 2.82. The number of carbonyl (C=O) groups excluding carboxylic acids is 1. The average molecular weight is 326 g/mol. The van der Waals surface area contributed by atoms with Crippen LogP contribution in [0.3, 0.4) is 0 Å². The summed E-state index contributed by atoms with van der Waals surface area (Å²) in [7, 11) is 0. The number of aryl methyl sites for hydroxylation is 1. The van der Waals surface area contributed by atoms with Crippen LogP contribution in [0.2, 0.25) is 0 Å². The smallest absolute Gasteiger partial charge is 0.343 e. The van der Waals surface area contributed by atoms with Gasteiger partial charge in [-0.1, -0.05) is 6.07 Å². The van der Waals surface area contributed by atoms with Crippen LogP contribution in [0.25, 0.3) is 22.6 Å². The summed E-state index contributed by atoms with van der Waals surface area (Å²) in [5.41, 5.74) is 6.69. The second kappa shape index (κ2) is 5.33. The van der Waals surface area contributed by atoms with Crippen molar-refractivity contribution in [3.05, 3.63) is 45.6 Å². The van der Waals surface area contributed by atoms with Gasteiger partial charge in [0.15, 0.2) is 11.3 Å². The van der Waals surface area contributed by atoms with Gasteiger partial charge in [-0.25, -0.2) is 9.78 Å². The average Bonchev–Trinajstić information content (AvgIpc) is 2.45. The van der Waals surface area contributed by atoms with Crippen LogP contribution in [0.15, 0.2) is 33.5 Å². The number of ether oxygens (including phenoxy) is 1. The topological polar surface area (TPSA) is 95.4 Å². The first-order chi connectivity index (χ1) is 11.2. The first kappa shape index (κ1) is 16.0. The number of nitrogens with zero attached hydrogens (tertiary/aromatic N) is 1. The molecule has 0 fully saturated rings. The van der Waals surface area contributed by atoms with Crippen molar-refractivity contribution in [1.82, 2.24) is 4.98 Å². The maximum Gasteiger partial charge on any atom is 0.343 e. The number of carbonyl (C=O) groups is 1. The molecule has 0 spiro atoms. The number of hydrogen-bond donors (Lipinski definition) is 1. The van der Waals surface area contributed by atoms with E-state index >= 15 is 0 Å². The lowest BCUT2D eigenvalue weighted by atomic mass is 10.1. The van der Waals surface area contributed by atoms with Gasteiger partial charge in [-0.3, -0.25) is 4.79 Å². The van der Waals surface area contributed by atoms with E-state index in [1.165, 1.54) is 6.07 Å². The molecule has 2 N–H and O–H groups in total. The summed E-state index contributed by atoms with van der Waals surface area (Å²) in [5.74, 6) is -0.495. The predicted molar refractivity (Wildman–Crippen MR) is 91.2 cm³/mol. The van der Waals surface area contributed by atoms with Crippen LogP contribution in [0.1, 0.15) is 36.7 Å². The molecule has 24 heavy (non-hydrogen) atoms. The number of nitrogens with two attached hydrogens (primary N) is 1. The summed E-state index contributed by atoms with van der Waals surface area (Å²) >= 11 is 0. The minimum Gasteiger partial charge on any atom is -0.456 e. The Hall–Kier alpha value is -2.89. The molecule has 1 aromatic rings. The fraction of sp³-hybridized carbons (Fsp3) is 0.278. The van der Waals surface area contributed by atoms with E-state index in [0.717, 1.165) is 5.56 Å². The standard InChI is InChI=1S/C18H18N2O4/c1-9-5-6-10-12(7-9)23-13-8-11(21)15(19)14(16(13)20-10)17(22)24-18(2,3)4/h5-8H,19H2,1-4H3. The van der Waals surface area contributed by atoms with Crippen LogP contribution in [0.4, 0.5) is 5.69 Å². The molecule has 1 aromatic carbocycles. The summed E-state index contributed by atoms with van der Waals surface area (Å²) in [5, 5.41) is 0. The molecule has 0 atom stereocenters. The van der Waals surface area contributed by atoms with Gasteiger partial charge in [0, 0.05) is 6.07 Å². The second-order valence-corrected chi connectivity index (χ2v) is 6.70. The van der Waals surface area contributed by atoms with Crippen molar-refractivity contribution in [2.75, 3.05) is 5.73 Å². The summed E-state index contributed by atoms with van der Waals surface area (Å²) in [6.45, 7) is 7.13. The quantitative estimate of drug-likeness (QED) is 0.419. The van der Waals surface area contributed by atoms with E-state index in [-0.39, 0.29) is 22.7 Å². The summed E-state index contributed by atoms with van der Waals surface area (Å²) in [6.07, 6.45) is 0. The van der Waals surface area contributed by atoms with E-state index in [2.05, 4.69) is 4.98 Å². The molecule has 124 valence electrons. The van der Waals surface area contributed by atoms with E-state index in [0.29, 0.717) is 11.1 Å². The Bertz CT molecular complexity index is 983. The molecule has 6 heteroatoms. The molecule has 1 heterocycles. The molecule has 1 aliphatic heterocycles. The van der Waals surface area contributed by atoms with E-state index in [1.54, 1.807) is 26.8 Å². The van der Waals surface area contributed by atoms with Crippen molar-refractivity contribution in [3.63, 3.8) is 0 Å². The summed E-state index contributed by atoms with van der Waals surface area (Å²) < 4.78 is 11.1. The van der Waals surface area contributed by atoms with Crippen molar-refractivity contribution in [3.8, 4) is 11.5 Å². The molecule has 0 saturated carbocycles. The van der Waals surface area contributed by atoms with Crippen molar-refractivity contribution in [2.24, 2.45) is 0 Å². The highest BCUT2D eigenvalue weighted by Crippen LogP contribution is 2.31. The van der Waals surface area contributed by atoms with Crippen LogP contribution in [0.5, 0.6) is 0 Å². The maximum atomic E-state index is 12.5. The Labute approximate surface area is 138 Å². The molecule has 6 nitrogen and oxygen atoms in total. The normalized spacial score (nSPS) is 11.8. The minimum absolute atomic E-state index is 0.0568. The van der Waals surface area contributed by atoms with Crippen LogP contribution in [-0.2, 0) is 4.74 Å². The number of hydrogen-bond acceptors (Lipinski definition) is 6. The fourth-order valence-electron chi connectivity index (χ4n) is 2.40. The van der Waals surface area contributed by atoms with Gasteiger partial charge in [0.1, 0.15) is 22.4 Å². The van der Waals surface area contributed by atoms with Gasteiger partial charge < -0.3 is 14.9 Å². The zero-order valence-corrected chi connectivity index (χ0v) is 14.0. The van der Waals surface area contributed by atoms with E-state index in [9.17, 15) is 9.59 Å². The summed E-state index contributed by atoms with van der Waals surface area (Å²) in [4.78, 5) is 29.1. The highest BCUT2D eigenvalue weighted by Gasteiger charge is 2.28. The SMILES string of the molecule is Cc1ccc2nc3c(C(=O)OC(C)(C)C)c(N)c(=O)cc-3oc2c1. The molecule has 0 unspecified atom stereocenters. The molecule has 0 amide bonds. The van der Waals surface area contributed by atoms with Gasteiger partial charge in [0.2, 0.25) is 5.43 Å². The second-order valence-electron chi connectivity index (χ2n) is 6.70. The number of anilines is 1. The molecule has 0 bridgehead atoms. The molecular weight excluding hydrogens is 308 g/mol. The first-order valence-corrected chi connectivity index (χ1v) is 7.53. The molecular formula is C18H18N2O4. The Morgan fingerprint density at radius 2 is 1.96 bits per heavy atom. The van der Waals surface area contributed by atoms with Gasteiger partial charge in [0.25, 0.3) is 0 Å². The fourth-order valence-corrected chi connectivity index (χ4v) is 2.40. The zero-order valence-electron chi connectivity index (χ0n) is 14.0. The summed E-state index contributed by atoms with van der Waals surface area (Å²) in [6, 6.07) is 6.73. The van der Waals surface area contributed by atoms with Crippen LogP contribution in [0, 0.1) is 6.92 Å². The van der Waals surface area contributed by atoms with Crippen molar-refractivity contribution >= 4 is 22.8 Å². The number of fused-ring (bicyclic) bond motifs is 2. The number of aromatic nitrogens is 1. The Morgan fingerprint density at radius 1 is 1.25 bits per heavy atom. The van der Waals surface area contributed by atoms with Crippen LogP contribution in [-0.4, -0.2) is 16.6 Å². The molecule has 2 aliphatic rings. The number of esters is 1. The van der Waals surface area contributed by atoms with Gasteiger partial charge >= 0.3 is 5.97 Å². The molecule has 0 aromatic heterocycles. The lowest BCUT2D eigenvalue weighted by molar-refractivity contribution is 0.00710. The van der Waals surface area contributed by atoms with Gasteiger partial charge in [-0.05, 0) is 45.4 Å². The Kier molecular flexibility index (Phi) is 3.55. The third-order valence-electron chi connectivity index (χ3n) is 3.44. The lowest BCUT2D eigenvalue weighted by Gasteiger charge is -2.21. The number of nitrogen functional groups attached to an aromatic ring is 1. The van der Waals surface area contributed by atoms with E-state index < -0.39 is 17.0 Å². The Morgan fingerprint density at radius 3 is 2.62 bits per heavy atom. The number of benzene rings is 2. The van der Waals surface area contributed by atoms with E-state index in [1.807, 2.05) is 19.1 Å². The predicted octanol–water partition coefficient (Wildman–Crippen LogP) is 3.14. The maximum absolute atomic E-state index is 12.5.